The molecule has 0 spiro atoms. The Balaban J connectivity index is 0.722. The fourth-order valence-corrected chi connectivity index (χ4v) is 11.5. The standard InChI is InChI=1S/C50H57FN10O5/c1-2-31-5-3-6-32-23-35(62)24-37(43(31)32)45-44(51)46-38(25-52-45)47(60-27-33-9-10-34(28-60)53-33)56-50(55-46)66-22-21-57-15-13-30(14-16-57)26-58-17-19-59(20-18-58)40-8-4-7-36-39(40)29-61(49(36)65)41-11-12-42(63)54-48(41)64/h3-8,23-25,30,33-34,41,53,62H,2,9-22,26-29H2,1H3,(H,54,63,64). The molecule has 15 nitrogen and oxygen atoms in total. The van der Waals surface area contributed by atoms with E-state index in [1.807, 2.05) is 30.3 Å². The van der Waals surface area contributed by atoms with Crippen molar-refractivity contribution in [3.05, 3.63) is 77.2 Å². The molecule has 3 atom stereocenters. The van der Waals surface area contributed by atoms with Crippen LogP contribution in [0.2, 0.25) is 0 Å². The first-order chi connectivity index (χ1) is 32.2. The van der Waals surface area contributed by atoms with E-state index < -0.39 is 11.9 Å². The van der Waals surface area contributed by atoms with E-state index in [0.29, 0.717) is 66.4 Å². The molecule has 344 valence electrons. The smallest absolute Gasteiger partial charge is 0.319 e. The van der Waals surface area contributed by atoms with Crippen LogP contribution in [0.1, 0.15) is 66.9 Å². The van der Waals surface area contributed by atoms with Crippen molar-refractivity contribution in [2.24, 2.45) is 5.92 Å². The second kappa shape index (κ2) is 17.7. The monoisotopic (exact) mass is 896 g/mol. The van der Waals surface area contributed by atoms with Crippen LogP contribution in [-0.2, 0) is 22.6 Å². The van der Waals surface area contributed by atoms with Gasteiger partial charge in [-0.2, -0.15) is 9.97 Å². The molecule has 8 heterocycles. The highest BCUT2D eigenvalue weighted by Crippen LogP contribution is 2.40. The van der Waals surface area contributed by atoms with Gasteiger partial charge in [-0.05, 0) is 98.1 Å². The van der Waals surface area contributed by atoms with Gasteiger partial charge in [0.1, 0.15) is 35.4 Å². The Labute approximate surface area is 383 Å². The third-order valence-electron chi connectivity index (χ3n) is 15.0. The molecule has 0 saturated carbocycles. The minimum absolute atomic E-state index is 0.0495. The Morgan fingerprint density at radius 2 is 1.65 bits per heavy atom. The van der Waals surface area contributed by atoms with Crippen molar-refractivity contribution < 1.29 is 28.6 Å². The van der Waals surface area contributed by atoms with Gasteiger partial charge in [0.25, 0.3) is 5.91 Å². The third-order valence-corrected chi connectivity index (χ3v) is 15.0. The van der Waals surface area contributed by atoms with Crippen molar-refractivity contribution in [3.63, 3.8) is 0 Å². The molecule has 5 saturated heterocycles. The summed E-state index contributed by atoms with van der Waals surface area (Å²) in [6.07, 6.45) is 7.40. The predicted molar refractivity (Wildman–Crippen MR) is 249 cm³/mol. The topological polar surface area (TPSA) is 160 Å². The van der Waals surface area contributed by atoms with Crippen molar-refractivity contribution >= 4 is 50.9 Å². The molecule has 5 aromatic rings. The predicted octanol–water partition coefficient (Wildman–Crippen LogP) is 4.87. The maximum atomic E-state index is 17.0. The number of nitrogens with zero attached hydrogens (tertiary/aromatic N) is 8. The highest BCUT2D eigenvalue weighted by Gasteiger charge is 2.41. The average molecular weight is 897 g/mol. The summed E-state index contributed by atoms with van der Waals surface area (Å²) in [5, 5.41) is 19.1. The van der Waals surface area contributed by atoms with Gasteiger partial charge >= 0.3 is 6.01 Å². The number of aryl methyl sites for hydroxylation is 1. The number of phenolic OH excluding ortho intramolecular Hbond substituents is 1. The van der Waals surface area contributed by atoms with Gasteiger partial charge in [0.2, 0.25) is 11.8 Å². The quantitative estimate of drug-likeness (QED) is 0.155. The molecule has 2 aromatic heterocycles. The molecule has 2 bridgehead atoms. The molecular weight excluding hydrogens is 840 g/mol. The number of pyridine rings is 1. The van der Waals surface area contributed by atoms with E-state index >= 15 is 4.39 Å². The molecule has 3 N–H and O–H groups in total. The molecule has 66 heavy (non-hydrogen) atoms. The Hall–Kier alpha value is -5.97. The van der Waals surface area contributed by atoms with E-state index in [-0.39, 0.29) is 47.1 Å². The van der Waals surface area contributed by atoms with Crippen LogP contribution in [0.15, 0.2) is 54.7 Å². The number of aromatic nitrogens is 3. The van der Waals surface area contributed by atoms with Gasteiger partial charge in [0, 0.05) is 106 Å². The molecule has 6 aliphatic heterocycles. The fourth-order valence-electron chi connectivity index (χ4n) is 11.5. The molecule has 0 aliphatic carbocycles. The van der Waals surface area contributed by atoms with Gasteiger partial charge < -0.3 is 29.9 Å². The number of nitrogens with one attached hydrogen (secondary N) is 2. The molecule has 3 unspecified atom stereocenters. The molecule has 16 heteroatoms. The number of benzene rings is 3. The number of fused-ring (bicyclic) bond motifs is 5. The SMILES string of the molecule is CCc1cccc2cc(O)cc(-c3ncc4c(N5CC6CCC(C5)N6)nc(OCCN5CCC(CN6CCN(c7cccc8c7CN(C7CCC(=O)NC7=O)C8=O)CC6)CC5)nc4c3F)c12. The number of aromatic hydroxyl groups is 1. The van der Waals surface area contributed by atoms with Gasteiger partial charge in [0.15, 0.2) is 5.82 Å². The summed E-state index contributed by atoms with van der Waals surface area (Å²) in [5.74, 6) is -0.0813. The van der Waals surface area contributed by atoms with Crippen LogP contribution < -0.4 is 25.2 Å². The summed E-state index contributed by atoms with van der Waals surface area (Å²) in [4.78, 5) is 63.4. The second-order valence-corrected chi connectivity index (χ2v) is 19.0. The molecule has 6 aliphatic rings. The molecule has 3 amide bonds. The summed E-state index contributed by atoms with van der Waals surface area (Å²) in [6.45, 7) is 11.6. The van der Waals surface area contributed by atoms with Crippen LogP contribution in [0, 0.1) is 11.7 Å². The summed E-state index contributed by atoms with van der Waals surface area (Å²) in [7, 11) is 0. The number of hydrogen-bond donors (Lipinski definition) is 3. The summed E-state index contributed by atoms with van der Waals surface area (Å²) in [5.41, 5.74) is 4.57. The Morgan fingerprint density at radius 1 is 0.864 bits per heavy atom. The van der Waals surface area contributed by atoms with Crippen LogP contribution in [0.5, 0.6) is 11.8 Å². The number of hydrogen-bond acceptors (Lipinski definition) is 13. The zero-order valence-corrected chi connectivity index (χ0v) is 37.5. The first kappa shape index (κ1) is 42.7. The Bertz CT molecular complexity index is 2710. The summed E-state index contributed by atoms with van der Waals surface area (Å²) >= 11 is 0. The van der Waals surface area contributed by atoms with Crippen molar-refractivity contribution in [1.29, 1.82) is 0 Å². The van der Waals surface area contributed by atoms with E-state index in [9.17, 15) is 19.5 Å². The lowest BCUT2D eigenvalue weighted by atomic mass is 9.95. The van der Waals surface area contributed by atoms with Crippen molar-refractivity contribution in [2.75, 3.05) is 81.9 Å². The van der Waals surface area contributed by atoms with Crippen molar-refractivity contribution in [1.82, 2.24) is 40.3 Å². The van der Waals surface area contributed by atoms with E-state index in [1.165, 1.54) is 0 Å². The second-order valence-electron chi connectivity index (χ2n) is 19.0. The zero-order valence-electron chi connectivity index (χ0n) is 37.5. The minimum Gasteiger partial charge on any atom is -0.508 e. The van der Waals surface area contributed by atoms with Gasteiger partial charge in [-0.3, -0.25) is 34.5 Å². The number of piperidine rings is 2. The highest BCUT2D eigenvalue weighted by atomic mass is 19.1. The lowest BCUT2D eigenvalue weighted by Gasteiger charge is -2.40. The number of likely N-dealkylation sites (tertiary alicyclic amines) is 1. The van der Waals surface area contributed by atoms with E-state index in [0.717, 1.165) is 119 Å². The molecule has 3 aromatic carbocycles. The van der Waals surface area contributed by atoms with Crippen molar-refractivity contribution in [3.8, 4) is 23.0 Å². The minimum atomic E-state index is -0.622. The van der Waals surface area contributed by atoms with Gasteiger partial charge in [-0.25, -0.2) is 4.39 Å². The van der Waals surface area contributed by atoms with E-state index in [2.05, 4.69) is 43.2 Å². The normalized spacial score (nSPS) is 23.0. The van der Waals surface area contributed by atoms with E-state index in [1.54, 1.807) is 23.2 Å². The lowest BCUT2D eigenvalue weighted by Crippen LogP contribution is -2.52. The number of amides is 3. The lowest BCUT2D eigenvalue weighted by molar-refractivity contribution is -0.136. The van der Waals surface area contributed by atoms with Crippen LogP contribution in [0.3, 0.4) is 0 Å². The number of anilines is 2. The van der Waals surface area contributed by atoms with Gasteiger partial charge in [-0.15, -0.1) is 0 Å². The summed E-state index contributed by atoms with van der Waals surface area (Å²) in [6, 6.07) is 15.3. The Kier molecular flexibility index (Phi) is 11.4. The molecule has 5 fully saturated rings. The zero-order chi connectivity index (χ0) is 45.1. The number of rotatable bonds is 11. The molecule has 11 rings (SSSR count). The van der Waals surface area contributed by atoms with Crippen LogP contribution in [0.25, 0.3) is 32.9 Å². The van der Waals surface area contributed by atoms with Crippen LogP contribution in [-0.4, -0.2) is 143 Å². The van der Waals surface area contributed by atoms with Crippen molar-refractivity contribution in [2.45, 2.75) is 76.5 Å². The highest BCUT2D eigenvalue weighted by molar-refractivity contribution is 6.06. The number of phenols is 1. The number of ether oxygens (including phenoxy) is 1. The van der Waals surface area contributed by atoms with Gasteiger partial charge in [-0.1, -0.05) is 31.2 Å². The van der Waals surface area contributed by atoms with Gasteiger partial charge in [0.05, 0.1) is 5.39 Å². The first-order valence-corrected chi connectivity index (χ1v) is 23.9. The van der Waals surface area contributed by atoms with E-state index in [4.69, 9.17) is 19.7 Å². The Morgan fingerprint density at radius 3 is 2.42 bits per heavy atom. The number of carbonyl (C=O) groups excluding carboxylic acids is 3. The first-order valence-electron chi connectivity index (χ1n) is 23.9. The molecular formula is C50H57FN10O5. The van der Waals surface area contributed by atoms with Crippen LogP contribution >= 0.6 is 0 Å². The largest absolute Gasteiger partial charge is 0.508 e. The maximum Gasteiger partial charge on any atom is 0.319 e. The number of piperazine rings is 2. The fraction of sp³-hybridized carbons (Fsp3) is 0.480. The molecule has 0 radical (unpaired) electrons. The average Bonchev–Trinajstić information content (AvgIpc) is 3.85. The number of halogens is 1. The maximum absolute atomic E-state index is 17.0. The number of carbonyl (C=O) groups is 3. The third kappa shape index (κ3) is 8.06. The van der Waals surface area contributed by atoms with Crippen LogP contribution in [0.4, 0.5) is 15.9 Å². The summed E-state index contributed by atoms with van der Waals surface area (Å²) < 4.78 is 23.4. The number of imide groups is 1.